The molecule has 2 aliphatic rings. The van der Waals surface area contributed by atoms with Gasteiger partial charge in [0, 0.05) is 29.6 Å². The van der Waals surface area contributed by atoms with E-state index >= 15 is 0 Å². The molecule has 7 nitrogen and oxygen atoms in total. The molecule has 2 heterocycles. The lowest BCUT2D eigenvalue weighted by molar-refractivity contribution is -0.137. The number of rotatable bonds is 6. The molecule has 0 radical (unpaired) electrons. The third-order valence-electron chi connectivity index (χ3n) is 7.15. The van der Waals surface area contributed by atoms with Gasteiger partial charge in [0.1, 0.15) is 11.9 Å². The summed E-state index contributed by atoms with van der Waals surface area (Å²) >= 11 is 0. The third kappa shape index (κ3) is 5.63. The maximum absolute atomic E-state index is 14.8. The molecule has 200 valence electrons. The van der Waals surface area contributed by atoms with Gasteiger partial charge in [-0.3, -0.25) is 9.59 Å². The second kappa shape index (κ2) is 9.70. The summed E-state index contributed by atoms with van der Waals surface area (Å²) in [5, 5.41) is 2.51. The lowest BCUT2D eigenvalue weighted by Crippen LogP contribution is -2.49. The fraction of sp³-hybridized carbons (Fsp3) is 0.480. The second-order valence-electron chi connectivity index (χ2n) is 9.89. The van der Waals surface area contributed by atoms with Crippen molar-refractivity contribution in [2.24, 2.45) is 11.8 Å². The van der Waals surface area contributed by atoms with Gasteiger partial charge >= 0.3 is 6.18 Å². The summed E-state index contributed by atoms with van der Waals surface area (Å²) < 4.78 is 77.6. The molecule has 4 atom stereocenters. The van der Waals surface area contributed by atoms with E-state index < -0.39 is 51.3 Å². The zero-order valence-corrected chi connectivity index (χ0v) is 21.2. The first-order chi connectivity index (χ1) is 17.2. The summed E-state index contributed by atoms with van der Waals surface area (Å²) in [6.07, 6.45) is -0.847. The largest absolute Gasteiger partial charge is 0.416 e. The van der Waals surface area contributed by atoms with E-state index in [0.717, 1.165) is 24.5 Å². The Morgan fingerprint density at radius 3 is 2.38 bits per heavy atom. The number of benzene rings is 1. The van der Waals surface area contributed by atoms with Gasteiger partial charge in [-0.05, 0) is 62.3 Å². The molecule has 4 rings (SSSR count). The standard InChI is InChI=1S/C25H27F4N3O4S/c1-13-10-20(32(14(13)2)24(34)16-8-9-30-21(11-16)37(3,35)36)23(33)31-22(15-4-5-15)18-7-6-17(12-19(18)26)25(27,28)29/h6-9,11-15,20,22H,4-5,10H2,1-3H3,(H,31,33)/t13-,14-,20-,22-/m1/s1. The monoisotopic (exact) mass is 541 g/mol. The van der Waals surface area contributed by atoms with Gasteiger partial charge in [0.05, 0.1) is 11.6 Å². The number of carbonyl (C=O) groups is 2. The summed E-state index contributed by atoms with van der Waals surface area (Å²) in [5.74, 6) is -2.35. The van der Waals surface area contributed by atoms with Crippen molar-refractivity contribution in [3.8, 4) is 0 Å². The summed E-state index contributed by atoms with van der Waals surface area (Å²) in [4.78, 5) is 32.1. The summed E-state index contributed by atoms with van der Waals surface area (Å²) in [5.41, 5.74) is -1.09. The molecular formula is C25H27F4N3O4S. The average Bonchev–Trinajstić information content (AvgIpc) is 3.61. The van der Waals surface area contributed by atoms with E-state index in [1.54, 1.807) is 6.92 Å². The van der Waals surface area contributed by atoms with Gasteiger partial charge in [0.25, 0.3) is 5.91 Å². The smallest absolute Gasteiger partial charge is 0.347 e. The molecule has 1 saturated carbocycles. The second-order valence-corrected chi connectivity index (χ2v) is 11.9. The summed E-state index contributed by atoms with van der Waals surface area (Å²) in [6, 6.07) is 2.67. The van der Waals surface area contributed by atoms with Crippen LogP contribution in [-0.2, 0) is 20.8 Å². The minimum atomic E-state index is -4.70. The highest BCUT2D eigenvalue weighted by atomic mass is 32.2. The minimum Gasteiger partial charge on any atom is -0.347 e. The van der Waals surface area contributed by atoms with Gasteiger partial charge < -0.3 is 10.2 Å². The first-order valence-corrected chi connectivity index (χ1v) is 13.7. The molecule has 1 aliphatic carbocycles. The summed E-state index contributed by atoms with van der Waals surface area (Å²) in [6.45, 7) is 3.66. The maximum atomic E-state index is 14.8. The van der Waals surface area contributed by atoms with E-state index in [4.69, 9.17) is 0 Å². The number of likely N-dealkylation sites (tertiary alicyclic amines) is 1. The van der Waals surface area contributed by atoms with Crippen molar-refractivity contribution in [2.75, 3.05) is 6.26 Å². The van der Waals surface area contributed by atoms with E-state index in [1.165, 1.54) is 17.2 Å². The fourth-order valence-electron chi connectivity index (χ4n) is 4.76. The normalized spacial score (nSPS) is 23.1. The van der Waals surface area contributed by atoms with E-state index in [2.05, 4.69) is 10.3 Å². The van der Waals surface area contributed by atoms with Crippen LogP contribution >= 0.6 is 0 Å². The Hall–Kier alpha value is -3.02. The fourth-order valence-corrected chi connectivity index (χ4v) is 5.35. The quantitative estimate of drug-likeness (QED) is 0.555. The molecule has 1 aliphatic heterocycles. The molecule has 1 saturated heterocycles. The Bertz CT molecular complexity index is 1330. The highest BCUT2D eigenvalue weighted by Crippen LogP contribution is 2.43. The number of pyridine rings is 1. The van der Waals surface area contributed by atoms with Crippen LogP contribution in [-0.4, -0.2) is 48.5 Å². The van der Waals surface area contributed by atoms with E-state index in [0.29, 0.717) is 25.3 Å². The Morgan fingerprint density at radius 1 is 1.14 bits per heavy atom. The van der Waals surface area contributed by atoms with Crippen LogP contribution in [0.15, 0.2) is 41.6 Å². The predicted octanol–water partition coefficient (Wildman–Crippen LogP) is 4.15. The lowest BCUT2D eigenvalue weighted by atomic mass is 9.98. The number of nitrogens with one attached hydrogen (secondary N) is 1. The number of hydrogen-bond acceptors (Lipinski definition) is 5. The molecule has 1 aromatic heterocycles. The zero-order chi connectivity index (χ0) is 27.3. The predicted molar refractivity (Wildman–Crippen MR) is 126 cm³/mol. The van der Waals surface area contributed by atoms with Crippen molar-refractivity contribution in [1.82, 2.24) is 15.2 Å². The van der Waals surface area contributed by atoms with Crippen LogP contribution in [0.3, 0.4) is 0 Å². The zero-order valence-electron chi connectivity index (χ0n) is 20.4. The minimum absolute atomic E-state index is 0.0345. The van der Waals surface area contributed by atoms with Gasteiger partial charge in [-0.25, -0.2) is 17.8 Å². The number of alkyl halides is 3. The molecule has 1 aromatic carbocycles. The van der Waals surface area contributed by atoms with Crippen molar-refractivity contribution >= 4 is 21.7 Å². The number of sulfone groups is 1. The van der Waals surface area contributed by atoms with Crippen LogP contribution in [0.4, 0.5) is 17.6 Å². The number of amides is 2. The molecule has 37 heavy (non-hydrogen) atoms. The van der Waals surface area contributed by atoms with Crippen LogP contribution in [0.5, 0.6) is 0 Å². The number of nitrogens with zero attached hydrogens (tertiary/aromatic N) is 2. The molecule has 2 aromatic rings. The van der Waals surface area contributed by atoms with E-state index in [1.807, 2.05) is 6.92 Å². The van der Waals surface area contributed by atoms with Crippen molar-refractivity contribution in [1.29, 1.82) is 0 Å². The molecule has 0 spiro atoms. The van der Waals surface area contributed by atoms with Crippen LogP contribution < -0.4 is 5.32 Å². The topological polar surface area (TPSA) is 96.4 Å². The molecule has 0 bridgehead atoms. The van der Waals surface area contributed by atoms with Gasteiger partial charge in [0.15, 0.2) is 14.9 Å². The molecule has 2 fully saturated rings. The number of carbonyl (C=O) groups excluding carboxylic acids is 2. The molecule has 2 amide bonds. The highest BCUT2D eigenvalue weighted by Gasteiger charge is 2.45. The maximum Gasteiger partial charge on any atom is 0.416 e. The number of halogens is 4. The van der Waals surface area contributed by atoms with Gasteiger partial charge in [-0.15, -0.1) is 0 Å². The van der Waals surface area contributed by atoms with Crippen molar-refractivity contribution in [3.05, 3.63) is 59.0 Å². The van der Waals surface area contributed by atoms with Gasteiger partial charge in [0.2, 0.25) is 5.91 Å². The van der Waals surface area contributed by atoms with Crippen LogP contribution in [0.2, 0.25) is 0 Å². The van der Waals surface area contributed by atoms with E-state index in [-0.39, 0.29) is 34.0 Å². The first kappa shape index (κ1) is 27.0. The molecule has 1 N–H and O–H groups in total. The van der Waals surface area contributed by atoms with Crippen molar-refractivity contribution in [3.63, 3.8) is 0 Å². The Morgan fingerprint density at radius 2 is 1.81 bits per heavy atom. The van der Waals surface area contributed by atoms with Gasteiger partial charge in [-0.1, -0.05) is 13.0 Å². The molecule has 0 unspecified atom stereocenters. The Kier molecular flexibility index (Phi) is 7.08. The van der Waals surface area contributed by atoms with E-state index in [9.17, 15) is 35.6 Å². The number of aromatic nitrogens is 1. The number of hydrogen-bond donors (Lipinski definition) is 1. The van der Waals surface area contributed by atoms with Crippen LogP contribution in [0, 0.1) is 17.7 Å². The Balaban J connectivity index is 1.60. The SMILES string of the molecule is C[C@@H]1C[C@H](C(=O)N[C@@H](c2ccc(C(F)(F)F)cc2F)C2CC2)N(C(=O)c2ccnc(S(C)(=O)=O)c2)[C@@H]1C. The summed E-state index contributed by atoms with van der Waals surface area (Å²) in [7, 11) is -3.67. The van der Waals surface area contributed by atoms with Gasteiger partial charge in [-0.2, -0.15) is 13.2 Å². The third-order valence-corrected chi connectivity index (χ3v) is 8.13. The van der Waals surface area contributed by atoms with Crippen LogP contribution in [0.1, 0.15) is 60.6 Å². The lowest BCUT2D eigenvalue weighted by Gasteiger charge is -2.30. The van der Waals surface area contributed by atoms with Crippen LogP contribution in [0.25, 0.3) is 0 Å². The first-order valence-electron chi connectivity index (χ1n) is 11.8. The van der Waals surface area contributed by atoms with Crippen molar-refractivity contribution < 1.29 is 35.6 Å². The Labute approximate surface area is 212 Å². The molecule has 12 heteroatoms. The average molecular weight is 542 g/mol. The molecular weight excluding hydrogens is 514 g/mol. The highest BCUT2D eigenvalue weighted by molar-refractivity contribution is 7.90. The van der Waals surface area contributed by atoms with Crippen molar-refractivity contribution in [2.45, 2.75) is 62.4 Å².